The molecule has 2 aliphatic heterocycles. The van der Waals surface area contributed by atoms with Gasteiger partial charge in [-0.2, -0.15) is 0 Å². The summed E-state index contributed by atoms with van der Waals surface area (Å²) in [5.74, 6) is -0.222. The van der Waals surface area contributed by atoms with Crippen molar-refractivity contribution in [1.29, 1.82) is 0 Å². The summed E-state index contributed by atoms with van der Waals surface area (Å²) in [6.45, 7) is 1.88. The first-order valence-electron chi connectivity index (χ1n) is 7.68. The summed E-state index contributed by atoms with van der Waals surface area (Å²) in [5, 5.41) is 0. The van der Waals surface area contributed by atoms with E-state index in [0.29, 0.717) is 19.7 Å². The molecule has 0 aromatic heterocycles. The van der Waals surface area contributed by atoms with Crippen LogP contribution in [0.5, 0.6) is 0 Å². The van der Waals surface area contributed by atoms with Crippen LogP contribution >= 0.6 is 0 Å². The number of hydrogen-bond donors (Lipinski definition) is 0. The molecule has 1 aromatic carbocycles. The zero-order chi connectivity index (χ0) is 15.8. The average Bonchev–Trinajstić information content (AvgIpc) is 2.84. The predicted molar refractivity (Wildman–Crippen MR) is 82.5 cm³/mol. The summed E-state index contributed by atoms with van der Waals surface area (Å²) in [5.41, 5.74) is 1.20. The second kappa shape index (κ2) is 5.91. The van der Waals surface area contributed by atoms with Crippen molar-refractivity contribution >= 4 is 10.0 Å². The normalized spacial score (nSPS) is 25.6. The van der Waals surface area contributed by atoms with Crippen LogP contribution in [-0.4, -0.2) is 44.8 Å². The molecule has 2 fully saturated rings. The van der Waals surface area contributed by atoms with Gasteiger partial charge in [0.05, 0.1) is 19.0 Å². The van der Waals surface area contributed by atoms with Crippen molar-refractivity contribution in [3.63, 3.8) is 0 Å². The molecule has 3 rings (SSSR count). The third-order valence-corrected chi connectivity index (χ3v) is 6.22. The summed E-state index contributed by atoms with van der Waals surface area (Å²) in [6, 6.07) is 6.56. The molecule has 2 saturated heterocycles. The number of halogens is 1. The minimum Gasteiger partial charge on any atom is -0.377 e. The van der Waals surface area contributed by atoms with Crippen LogP contribution in [0.25, 0.3) is 0 Å². The Morgan fingerprint density at radius 3 is 2.50 bits per heavy atom. The van der Waals surface area contributed by atoms with Crippen LogP contribution in [0.15, 0.2) is 24.3 Å². The van der Waals surface area contributed by atoms with E-state index in [-0.39, 0.29) is 17.3 Å². The van der Waals surface area contributed by atoms with E-state index in [1.54, 1.807) is 16.4 Å². The van der Waals surface area contributed by atoms with E-state index < -0.39 is 10.0 Å². The highest BCUT2D eigenvalue weighted by atomic mass is 32.2. The Morgan fingerprint density at radius 1 is 1.27 bits per heavy atom. The summed E-state index contributed by atoms with van der Waals surface area (Å²) in [7, 11) is -3.08. The molecule has 0 amide bonds. The number of ether oxygens (including phenoxy) is 1. The van der Waals surface area contributed by atoms with Crippen molar-refractivity contribution in [3.8, 4) is 0 Å². The van der Waals surface area contributed by atoms with E-state index in [1.165, 1.54) is 18.4 Å². The SMILES string of the molecule is CS(=O)(=O)N1CCC2(CC1)COC(Cc1ccc(F)cc1)C2. The molecule has 0 bridgehead atoms. The maximum Gasteiger partial charge on any atom is 0.211 e. The lowest BCUT2D eigenvalue weighted by Gasteiger charge is -2.37. The molecule has 2 aliphatic rings. The number of sulfonamides is 1. The van der Waals surface area contributed by atoms with Gasteiger partial charge in [0.1, 0.15) is 5.82 Å². The molecule has 0 radical (unpaired) electrons. The van der Waals surface area contributed by atoms with E-state index in [2.05, 4.69) is 0 Å². The number of hydrogen-bond acceptors (Lipinski definition) is 3. The number of rotatable bonds is 3. The smallest absolute Gasteiger partial charge is 0.211 e. The molecule has 0 N–H and O–H groups in total. The molecule has 22 heavy (non-hydrogen) atoms. The molecule has 1 aromatic rings. The van der Waals surface area contributed by atoms with Crippen molar-refractivity contribution in [2.24, 2.45) is 5.41 Å². The highest BCUT2D eigenvalue weighted by Crippen LogP contribution is 2.43. The van der Waals surface area contributed by atoms with Crippen LogP contribution in [-0.2, 0) is 21.2 Å². The van der Waals surface area contributed by atoms with E-state index in [4.69, 9.17) is 4.74 Å². The van der Waals surface area contributed by atoms with Gasteiger partial charge in [-0.1, -0.05) is 12.1 Å². The number of piperidine rings is 1. The Balaban J connectivity index is 1.57. The van der Waals surface area contributed by atoms with Crippen molar-refractivity contribution in [1.82, 2.24) is 4.31 Å². The third kappa shape index (κ3) is 3.50. The molecule has 2 heterocycles. The van der Waals surface area contributed by atoms with Crippen molar-refractivity contribution in [2.45, 2.75) is 31.8 Å². The lowest BCUT2D eigenvalue weighted by molar-refractivity contribution is 0.0793. The average molecular weight is 327 g/mol. The van der Waals surface area contributed by atoms with E-state index in [0.717, 1.165) is 31.2 Å². The standard InChI is InChI=1S/C16H22FNO3S/c1-22(19,20)18-8-6-16(7-9-18)11-15(21-12-16)10-13-2-4-14(17)5-3-13/h2-5,15H,6-12H2,1H3. The zero-order valence-electron chi connectivity index (χ0n) is 12.8. The van der Waals surface area contributed by atoms with Gasteiger partial charge < -0.3 is 4.74 Å². The quantitative estimate of drug-likeness (QED) is 0.855. The van der Waals surface area contributed by atoms with E-state index in [1.807, 2.05) is 0 Å². The van der Waals surface area contributed by atoms with E-state index >= 15 is 0 Å². The van der Waals surface area contributed by atoms with Gasteiger partial charge in [-0.25, -0.2) is 17.1 Å². The molecule has 0 saturated carbocycles. The highest BCUT2D eigenvalue weighted by Gasteiger charge is 2.43. The molecule has 1 atom stereocenters. The third-order valence-electron chi connectivity index (χ3n) is 4.91. The Bertz CT molecular complexity index is 621. The van der Waals surface area contributed by atoms with Crippen molar-refractivity contribution < 1.29 is 17.5 Å². The first-order valence-corrected chi connectivity index (χ1v) is 9.52. The van der Waals surface area contributed by atoms with Crippen molar-refractivity contribution in [3.05, 3.63) is 35.6 Å². The van der Waals surface area contributed by atoms with Crippen LogP contribution in [0.1, 0.15) is 24.8 Å². The van der Waals surface area contributed by atoms with Crippen LogP contribution in [0, 0.1) is 11.2 Å². The number of nitrogens with zero attached hydrogens (tertiary/aromatic N) is 1. The van der Waals surface area contributed by atoms with Crippen molar-refractivity contribution in [2.75, 3.05) is 26.0 Å². The predicted octanol–water partition coefficient (Wildman–Crippen LogP) is 2.20. The molecule has 1 unspecified atom stereocenters. The van der Waals surface area contributed by atoms with Gasteiger partial charge in [0.25, 0.3) is 0 Å². The fourth-order valence-electron chi connectivity index (χ4n) is 3.55. The lowest BCUT2D eigenvalue weighted by atomic mass is 9.76. The Morgan fingerprint density at radius 2 is 1.91 bits per heavy atom. The summed E-state index contributed by atoms with van der Waals surface area (Å²) in [4.78, 5) is 0. The van der Waals surface area contributed by atoms with Crippen LogP contribution in [0.2, 0.25) is 0 Å². The molecular weight excluding hydrogens is 305 g/mol. The van der Waals surface area contributed by atoms with Crippen LogP contribution in [0.3, 0.4) is 0 Å². The Hall–Kier alpha value is -0.980. The van der Waals surface area contributed by atoms with E-state index in [9.17, 15) is 12.8 Å². The van der Waals surface area contributed by atoms with Gasteiger partial charge >= 0.3 is 0 Å². The second-order valence-corrected chi connectivity index (χ2v) is 8.61. The molecule has 6 heteroatoms. The van der Waals surface area contributed by atoms with Gasteiger partial charge in [0, 0.05) is 13.1 Å². The first kappa shape index (κ1) is 15.9. The molecule has 1 spiro atoms. The second-order valence-electron chi connectivity index (χ2n) is 6.63. The topological polar surface area (TPSA) is 46.6 Å². The summed E-state index contributed by atoms with van der Waals surface area (Å²) >= 11 is 0. The van der Waals surface area contributed by atoms with Gasteiger partial charge in [-0.3, -0.25) is 0 Å². The number of benzene rings is 1. The molecular formula is C16H22FNO3S. The Labute approximate surface area is 131 Å². The summed E-state index contributed by atoms with van der Waals surface area (Å²) < 4.78 is 43.6. The molecule has 122 valence electrons. The first-order chi connectivity index (χ1) is 10.4. The Kier molecular flexibility index (Phi) is 4.27. The molecule has 0 aliphatic carbocycles. The van der Waals surface area contributed by atoms with Crippen LogP contribution in [0.4, 0.5) is 4.39 Å². The highest BCUT2D eigenvalue weighted by molar-refractivity contribution is 7.88. The zero-order valence-corrected chi connectivity index (χ0v) is 13.6. The maximum atomic E-state index is 12.9. The van der Waals surface area contributed by atoms with Gasteiger partial charge in [0.15, 0.2) is 0 Å². The molecule has 4 nitrogen and oxygen atoms in total. The van der Waals surface area contributed by atoms with Gasteiger partial charge in [-0.05, 0) is 48.8 Å². The fraction of sp³-hybridized carbons (Fsp3) is 0.625. The maximum absolute atomic E-state index is 12.9. The minimum atomic E-state index is -3.08. The minimum absolute atomic E-state index is 0.117. The van der Waals surface area contributed by atoms with Gasteiger partial charge in [0.2, 0.25) is 10.0 Å². The largest absolute Gasteiger partial charge is 0.377 e. The fourth-order valence-corrected chi connectivity index (χ4v) is 4.40. The monoisotopic (exact) mass is 327 g/mol. The van der Waals surface area contributed by atoms with Gasteiger partial charge in [-0.15, -0.1) is 0 Å². The summed E-state index contributed by atoms with van der Waals surface area (Å²) in [6.07, 6.45) is 4.89. The lowest BCUT2D eigenvalue weighted by Crippen LogP contribution is -2.43. The van der Waals surface area contributed by atoms with Crippen LogP contribution < -0.4 is 0 Å².